The normalized spacial score (nSPS) is 12.1. The van der Waals surface area contributed by atoms with E-state index in [0.717, 1.165) is 25.7 Å². The summed E-state index contributed by atoms with van der Waals surface area (Å²) in [5, 5.41) is 9.84. The van der Waals surface area contributed by atoms with Gasteiger partial charge in [0.15, 0.2) is 17.7 Å². The molecule has 0 amide bonds. The van der Waals surface area contributed by atoms with Gasteiger partial charge < -0.3 is 14.6 Å². The summed E-state index contributed by atoms with van der Waals surface area (Å²) in [6, 6.07) is 10.3. The van der Waals surface area contributed by atoms with Gasteiger partial charge in [-0.15, -0.1) is 0 Å². The highest BCUT2D eigenvalue weighted by molar-refractivity contribution is 5.97. The number of hydrogen-bond acceptors (Lipinski definition) is 6. The van der Waals surface area contributed by atoms with E-state index in [4.69, 9.17) is 9.47 Å². The van der Waals surface area contributed by atoms with Gasteiger partial charge in [0, 0.05) is 5.56 Å². The van der Waals surface area contributed by atoms with E-state index in [1.54, 1.807) is 24.5 Å². The molecule has 1 unspecified atom stereocenters. The van der Waals surface area contributed by atoms with E-state index in [0.29, 0.717) is 47.7 Å². The summed E-state index contributed by atoms with van der Waals surface area (Å²) in [7, 11) is 0. The number of unbranched alkanes of at least 4 members (excludes halogenated alkanes) is 14. The predicted molar refractivity (Wildman–Crippen MR) is 190 cm³/mol. The molecule has 0 aliphatic carbocycles. The van der Waals surface area contributed by atoms with Crippen molar-refractivity contribution in [3.8, 4) is 28.3 Å². The summed E-state index contributed by atoms with van der Waals surface area (Å²) in [6.07, 6.45) is 13.9. The first-order chi connectivity index (χ1) is 24.1. The number of halogens is 3. The van der Waals surface area contributed by atoms with Crippen LogP contribution in [0.3, 0.4) is 0 Å². The second-order valence-electron chi connectivity index (χ2n) is 12.9. The molecule has 1 aromatic heterocycles. The zero-order valence-electron chi connectivity index (χ0n) is 29.6. The molecule has 50 heavy (non-hydrogen) atoms. The summed E-state index contributed by atoms with van der Waals surface area (Å²) < 4.78 is 51.3. The fourth-order valence-electron chi connectivity index (χ4n) is 5.81. The molecule has 2 aromatic carbocycles. The first kappa shape index (κ1) is 40.5. The van der Waals surface area contributed by atoms with Crippen molar-refractivity contribution in [1.82, 2.24) is 9.97 Å². The molecule has 1 heterocycles. The van der Waals surface area contributed by atoms with Crippen molar-refractivity contribution in [1.29, 1.82) is 0 Å². The highest BCUT2D eigenvalue weighted by atomic mass is 19.4. The third-order valence-corrected chi connectivity index (χ3v) is 8.77. The van der Waals surface area contributed by atoms with Crippen LogP contribution in [0.2, 0.25) is 0 Å². The van der Waals surface area contributed by atoms with Gasteiger partial charge in [-0.25, -0.2) is 19.6 Å². The first-order valence-corrected chi connectivity index (χ1v) is 18.3. The molecule has 0 bridgehead atoms. The highest BCUT2D eigenvalue weighted by Gasteiger charge is 2.42. The van der Waals surface area contributed by atoms with Crippen LogP contribution in [0.5, 0.6) is 5.75 Å². The molecule has 0 fully saturated rings. The van der Waals surface area contributed by atoms with E-state index < -0.39 is 24.2 Å². The van der Waals surface area contributed by atoms with Crippen molar-refractivity contribution < 1.29 is 37.3 Å². The van der Waals surface area contributed by atoms with Crippen LogP contribution < -0.4 is 4.74 Å². The van der Waals surface area contributed by atoms with Crippen molar-refractivity contribution in [2.24, 2.45) is 0 Å². The van der Waals surface area contributed by atoms with E-state index in [2.05, 4.69) is 16.9 Å². The Morgan fingerprint density at radius 1 is 0.720 bits per heavy atom. The third kappa shape index (κ3) is 14.1. The minimum absolute atomic E-state index is 0.00986. The van der Waals surface area contributed by atoms with Gasteiger partial charge in [0.25, 0.3) is 0 Å². The van der Waals surface area contributed by atoms with E-state index in [1.807, 2.05) is 6.92 Å². The summed E-state index contributed by atoms with van der Waals surface area (Å²) in [5.74, 6) is -1.32. The number of carboxylic acid groups (broad SMARTS) is 1. The highest BCUT2D eigenvalue weighted by Crippen LogP contribution is 2.31. The number of hydrogen-bond donors (Lipinski definition) is 1. The maximum absolute atomic E-state index is 13.5. The second kappa shape index (κ2) is 22.0. The quantitative estimate of drug-likeness (QED) is 0.0734. The Labute approximate surface area is 295 Å². The number of carboxylic acids is 1. The lowest BCUT2D eigenvalue weighted by Crippen LogP contribution is -2.33. The molecule has 0 aliphatic heterocycles. The van der Waals surface area contributed by atoms with Crippen molar-refractivity contribution in [3.05, 3.63) is 66.0 Å². The number of nitrogens with zero attached hydrogens (tertiary/aromatic N) is 2. The van der Waals surface area contributed by atoms with Gasteiger partial charge in [0.05, 0.1) is 30.1 Å². The van der Waals surface area contributed by atoms with Crippen LogP contribution in [0, 0.1) is 0 Å². The van der Waals surface area contributed by atoms with Gasteiger partial charge in [-0.05, 0) is 54.7 Å². The van der Waals surface area contributed by atoms with Crippen LogP contribution in [0.15, 0.2) is 54.9 Å². The van der Waals surface area contributed by atoms with Crippen LogP contribution >= 0.6 is 0 Å². The summed E-state index contributed by atoms with van der Waals surface area (Å²) in [5.41, 5.74) is 1.31. The molecular formula is C40H53F3N2O5. The average Bonchev–Trinajstić information content (AvgIpc) is 3.11. The Kier molecular flexibility index (Phi) is 17.8. The Balaban J connectivity index is 1.54. The summed E-state index contributed by atoms with van der Waals surface area (Å²) >= 11 is 0. The van der Waals surface area contributed by atoms with Crippen molar-refractivity contribution in [2.75, 3.05) is 6.61 Å². The number of rotatable bonds is 24. The maximum atomic E-state index is 13.5. The number of benzene rings is 2. The van der Waals surface area contributed by atoms with Crippen molar-refractivity contribution in [3.63, 3.8) is 0 Å². The Hall–Kier alpha value is -3.95. The van der Waals surface area contributed by atoms with Gasteiger partial charge in [-0.1, -0.05) is 122 Å². The van der Waals surface area contributed by atoms with Crippen LogP contribution in [-0.2, 0) is 4.74 Å². The molecule has 274 valence electrons. The third-order valence-electron chi connectivity index (χ3n) is 8.77. The summed E-state index contributed by atoms with van der Waals surface area (Å²) in [4.78, 5) is 33.5. The number of carbonyl (C=O) groups excluding carboxylic acids is 1. The van der Waals surface area contributed by atoms with E-state index >= 15 is 0 Å². The van der Waals surface area contributed by atoms with Crippen LogP contribution in [0.4, 0.5) is 13.2 Å². The number of aromatic carboxylic acids is 1. The van der Waals surface area contributed by atoms with Crippen LogP contribution in [0.25, 0.3) is 22.5 Å². The Morgan fingerprint density at radius 2 is 1.24 bits per heavy atom. The monoisotopic (exact) mass is 698 g/mol. The van der Waals surface area contributed by atoms with E-state index in [9.17, 15) is 27.9 Å². The van der Waals surface area contributed by atoms with E-state index in [-0.39, 0.29) is 17.5 Å². The minimum Gasteiger partial charge on any atom is -0.490 e. The number of ether oxygens (including phenoxy) is 2. The number of carbonyl (C=O) groups is 2. The van der Waals surface area contributed by atoms with Crippen molar-refractivity contribution in [2.45, 2.75) is 135 Å². The first-order valence-electron chi connectivity index (χ1n) is 18.3. The molecule has 0 saturated carbocycles. The zero-order chi connectivity index (χ0) is 36.2. The van der Waals surface area contributed by atoms with Crippen LogP contribution in [-0.4, -0.2) is 45.9 Å². The fourth-order valence-corrected chi connectivity index (χ4v) is 5.81. The zero-order valence-corrected chi connectivity index (χ0v) is 29.6. The molecular weight excluding hydrogens is 645 g/mol. The van der Waals surface area contributed by atoms with E-state index in [1.165, 1.54) is 94.5 Å². The van der Waals surface area contributed by atoms with Crippen LogP contribution in [0.1, 0.15) is 144 Å². The molecule has 0 saturated heterocycles. The lowest BCUT2D eigenvalue weighted by atomic mass is 9.96. The molecule has 0 aliphatic rings. The molecule has 3 aromatic rings. The predicted octanol–water partition coefficient (Wildman–Crippen LogP) is 11.6. The van der Waals surface area contributed by atoms with Gasteiger partial charge in [0.1, 0.15) is 0 Å². The maximum Gasteiger partial charge on any atom is 0.425 e. The summed E-state index contributed by atoms with van der Waals surface area (Å²) in [6.45, 7) is 4.79. The number of esters is 1. The topological polar surface area (TPSA) is 98.6 Å². The largest absolute Gasteiger partial charge is 0.490 e. The smallest absolute Gasteiger partial charge is 0.425 e. The molecule has 0 radical (unpaired) electrons. The molecule has 0 spiro atoms. The lowest BCUT2D eigenvalue weighted by molar-refractivity contribution is -0.206. The minimum atomic E-state index is -4.67. The SMILES string of the molecule is CCCCCCCCCCCCCCOc1cnc(-c2ccc(C(=O)O)c(-c3ccc(C(=O)OC(CCCCCC)C(F)(F)F)cc3)c2)nc1. The lowest BCUT2D eigenvalue weighted by Gasteiger charge is -2.20. The van der Waals surface area contributed by atoms with Gasteiger partial charge in [0.2, 0.25) is 0 Å². The molecule has 1 atom stereocenters. The Morgan fingerprint density at radius 3 is 1.78 bits per heavy atom. The second-order valence-corrected chi connectivity index (χ2v) is 12.9. The molecule has 3 rings (SSSR count). The van der Waals surface area contributed by atoms with Gasteiger partial charge in [-0.3, -0.25) is 0 Å². The number of aromatic nitrogens is 2. The number of alkyl halides is 3. The average molecular weight is 699 g/mol. The molecule has 10 heteroatoms. The van der Waals surface area contributed by atoms with Crippen molar-refractivity contribution >= 4 is 11.9 Å². The van der Waals surface area contributed by atoms with Gasteiger partial charge in [-0.2, -0.15) is 13.2 Å². The fraction of sp³-hybridized carbons (Fsp3) is 0.550. The standard InChI is InChI=1S/C40H53F3N2O5/c1-3-5-7-9-10-11-12-13-14-15-16-18-26-49-33-28-44-37(45-29-33)32-24-25-34(38(46)47)35(27-32)30-20-22-31(23-21-30)39(48)50-36(40(41,42)43)19-17-8-6-4-2/h20-25,27-29,36H,3-19,26H2,1-2H3,(H,46,47). The Bertz CT molecular complexity index is 1430. The molecule has 7 nitrogen and oxygen atoms in total. The molecule has 1 N–H and O–H groups in total. The van der Waals surface area contributed by atoms with Gasteiger partial charge >= 0.3 is 18.1 Å².